The Labute approximate surface area is 194 Å². The lowest BCUT2D eigenvalue weighted by Gasteiger charge is -2.20. The molecule has 11 heteroatoms. The molecule has 0 aliphatic rings. The predicted octanol–water partition coefficient (Wildman–Crippen LogP) is 3.59. The maximum atomic E-state index is 13.6. The molecule has 0 bridgehead atoms. The Hall–Kier alpha value is -3.99. The number of methoxy groups -OCH3 is 1. The van der Waals surface area contributed by atoms with E-state index in [1.54, 1.807) is 24.3 Å². The molecule has 0 saturated carbocycles. The lowest BCUT2D eigenvalue weighted by atomic mass is 10.2. The van der Waals surface area contributed by atoms with E-state index in [0.717, 1.165) is 28.6 Å². The summed E-state index contributed by atoms with van der Waals surface area (Å²) in [7, 11) is -1.17. The number of benzene rings is 3. The van der Waals surface area contributed by atoms with Gasteiger partial charge in [0.05, 0.1) is 28.9 Å². The average molecular weight is 490 g/mol. The SMILES string of the molecule is COc1ccc(N(C)S(=O)(=O)c2cccc(C(=O)OCC(=O)Nc3cc(F)ccc3F)c2)cc1. The van der Waals surface area contributed by atoms with Gasteiger partial charge < -0.3 is 14.8 Å². The van der Waals surface area contributed by atoms with Crippen LogP contribution in [0.1, 0.15) is 10.4 Å². The van der Waals surface area contributed by atoms with Crippen molar-refractivity contribution in [3.05, 3.63) is 83.9 Å². The molecule has 0 heterocycles. The van der Waals surface area contributed by atoms with Gasteiger partial charge in [-0.15, -0.1) is 0 Å². The highest BCUT2D eigenvalue weighted by Gasteiger charge is 2.23. The quantitative estimate of drug-likeness (QED) is 0.484. The van der Waals surface area contributed by atoms with Gasteiger partial charge in [0, 0.05) is 13.1 Å². The summed E-state index contributed by atoms with van der Waals surface area (Å²) in [5, 5.41) is 2.09. The van der Waals surface area contributed by atoms with Gasteiger partial charge in [-0.3, -0.25) is 9.10 Å². The van der Waals surface area contributed by atoms with Crippen molar-refractivity contribution in [2.75, 3.05) is 30.4 Å². The number of anilines is 2. The van der Waals surface area contributed by atoms with Gasteiger partial charge >= 0.3 is 5.97 Å². The zero-order valence-corrected chi connectivity index (χ0v) is 18.9. The van der Waals surface area contributed by atoms with Gasteiger partial charge in [0.25, 0.3) is 15.9 Å². The summed E-state index contributed by atoms with van der Waals surface area (Å²) in [6.45, 7) is -0.794. The topological polar surface area (TPSA) is 102 Å². The van der Waals surface area contributed by atoms with Gasteiger partial charge in [-0.25, -0.2) is 22.0 Å². The Morgan fingerprint density at radius 3 is 2.38 bits per heavy atom. The maximum Gasteiger partial charge on any atom is 0.338 e. The van der Waals surface area contributed by atoms with Gasteiger partial charge in [-0.2, -0.15) is 0 Å². The minimum absolute atomic E-state index is 0.117. The summed E-state index contributed by atoms with van der Waals surface area (Å²) >= 11 is 0. The van der Waals surface area contributed by atoms with Gasteiger partial charge in [0.2, 0.25) is 0 Å². The number of sulfonamides is 1. The van der Waals surface area contributed by atoms with Crippen molar-refractivity contribution in [3.8, 4) is 5.75 Å². The summed E-state index contributed by atoms with van der Waals surface area (Å²) in [6.07, 6.45) is 0. The molecule has 0 aliphatic heterocycles. The number of ether oxygens (including phenoxy) is 2. The van der Waals surface area contributed by atoms with E-state index in [2.05, 4.69) is 5.32 Å². The van der Waals surface area contributed by atoms with Gasteiger partial charge in [-0.1, -0.05) is 6.07 Å². The van der Waals surface area contributed by atoms with Gasteiger partial charge in [0.15, 0.2) is 6.61 Å². The summed E-state index contributed by atoms with van der Waals surface area (Å²) in [6, 6.07) is 13.9. The molecule has 0 aliphatic carbocycles. The smallest absolute Gasteiger partial charge is 0.338 e. The van der Waals surface area contributed by atoms with Crippen molar-refractivity contribution in [2.24, 2.45) is 0 Å². The van der Waals surface area contributed by atoms with Crippen LogP contribution in [-0.4, -0.2) is 41.1 Å². The average Bonchev–Trinajstić information content (AvgIpc) is 2.84. The van der Waals surface area contributed by atoms with Crippen LogP contribution in [0.2, 0.25) is 0 Å². The van der Waals surface area contributed by atoms with Crippen LogP contribution >= 0.6 is 0 Å². The minimum Gasteiger partial charge on any atom is -0.497 e. The Morgan fingerprint density at radius 2 is 1.71 bits per heavy atom. The van der Waals surface area contributed by atoms with Crippen molar-refractivity contribution in [1.82, 2.24) is 0 Å². The summed E-state index contributed by atoms with van der Waals surface area (Å²) in [5.74, 6) is -2.94. The molecule has 3 rings (SSSR count). The number of nitrogens with one attached hydrogen (secondary N) is 1. The summed E-state index contributed by atoms with van der Waals surface area (Å²) in [4.78, 5) is 24.1. The Kier molecular flexibility index (Phi) is 7.47. The van der Waals surface area contributed by atoms with E-state index < -0.39 is 45.8 Å². The first-order chi connectivity index (χ1) is 16.1. The van der Waals surface area contributed by atoms with E-state index >= 15 is 0 Å². The molecule has 178 valence electrons. The van der Waals surface area contributed by atoms with E-state index in [4.69, 9.17) is 9.47 Å². The first-order valence-corrected chi connectivity index (χ1v) is 11.2. The molecular formula is C23H20F2N2O6S. The molecule has 1 N–H and O–H groups in total. The molecule has 0 fully saturated rings. The van der Waals surface area contributed by atoms with Crippen molar-refractivity contribution >= 4 is 33.3 Å². The fraction of sp³-hybridized carbons (Fsp3) is 0.130. The Morgan fingerprint density at radius 1 is 1.00 bits per heavy atom. The number of carbonyl (C=O) groups is 2. The number of halogens is 2. The molecule has 3 aromatic carbocycles. The normalized spacial score (nSPS) is 10.9. The van der Waals surface area contributed by atoms with Crippen LogP contribution < -0.4 is 14.4 Å². The third-order valence-corrected chi connectivity index (χ3v) is 6.48. The van der Waals surface area contributed by atoms with Crippen LogP contribution in [0.5, 0.6) is 5.75 Å². The zero-order valence-electron chi connectivity index (χ0n) is 18.1. The fourth-order valence-electron chi connectivity index (χ4n) is 2.87. The molecule has 3 aromatic rings. The van der Waals surface area contributed by atoms with Crippen LogP contribution in [0.25, 0.3) is 0 Å². The van der Waals surface area contributed by atoms with Crippen LogP contribution in [0.4, 0.5) is 20.2 Å². The lowest BCUT2D eigenvalue weighted by molar-refractivity contribution is -0.119. The van der Waals surface area contributed by atoms with Gasteiger partial charge in [0.1, 0.15) is 17.4 Å². The Balaban J connectivity index is 1.69. The van der Waals surface area contributed by atoms with Gasteiger partial charge in [-0.05, 0) is 54.6 Å². The molecule has 1 amide bonds. The van der Waals surface area contributed by atoms with E-state index in [-0.39, 0.29) is 10.5 Å². The second-order valence-corrected chi connectivity index (χ2v) is 8.92. The highest BCUT2D eigenvalue weighted by Crippen LogP contribution is 2.25. The minimum atomic E-state index is -4.02. The van der Waals surface area contributed by atoms with E-state index in [9.17, 15) is 26.8 Å². The first-order valence-electron chi connectivity index (χ1n) is 9.77. The first kappa shape index (κ1) is 24.6. The summed E-state index contributed by atoms with van der Waals surface area (Å²) < 4.78 is 63.8. The fourth-order valence-corrected chi connectivity index (χ4v) is 4.11. The molecule has 0 unspecified atom stereocenters. The number of hydrogen-bond donors (Lipinski definition) is 1. The third-order valence-electron chi connectivity index (χ3n) is 4.70. The Bertz CT molecular complexity index is 1310. The zero-order chi connectivity index (χ0) is 24.9. The number of amides is 1. The molecule has 0 radical (unpaired) electrons. The standard InChI is InChI=1S/C23H20F2N2O6S/c1-27(17-7-9-18(32-2)10-8-17)34(30,31)19-5-3-4-15(12-19)23(29)33-14-22(28)26-21-13-16(24)6-11-20(21)25/h3-13H,14H2,1-2H3,(H,26,28). The maximum absolute atomic E-state index is 13.6. The largest absolute Gasteiger partial charge is 0.497 e. The highest BCUT2D eigenvalue weighted by molar-refractivity contribution is 7.92. The van der Waals surface area contributed by atoms with E-state index in [0.29, 0.717) is 11.4 Å². The second kappa shape index (κ2) is 10.3. The van der Waals surface area contributed by atoms with Crippen molar-refractivity contribution in [1.29, 1.82) is 0 Å². The molecule has 0 spiro atoms. The van der Waals surface area contributed by atoms with E-state index in [1.807, 2.05) is 0 Å². The molecule has 0 aromatic heterocycles. The van der Waals surface area contributed by atoms with Crippen LogP contribution in [0.3, 0.4) is 0 Å². The monoisotopic (exact) mass is 490 g/mol. The summed E-state index contributed by atoms with van der Waals surface area (Å²) in [5.41, 5.74) is -0.153. The molecule has 34 heavy (non-hydrogen) atoms. The van der Waals surface area contributed by atoms with Crippen molar-refractivity contribution in [3.63, 3.8) is 0 Å². The third kappa shape index (κ3) is 5.67. The molecule has 0 atom stereocenters. The predicted molar refractivity (Wildman–Crippen MR) is 120 cm³/mol. The highest BCUT2D eigenvalue weighted by atomic mass is 32.2. The number of esters is 1. The molecule has 0 saturated heterocycles. The number of nitrogens with zero attached hydrogens (tertiary/aromatic N) is 1. The van der Waals surface area contributed by atoms with Crippen LogP contribution in [0, 0.1) is 11.6 Å². The number of hydrogen-bond acceptors (Lipinski definition) is 6. The number of rotatable bonds is 8. The molecular weight excluding hydrogens is 470 g/mol. The van der Waals surface area contributed by atoms with Crippen molar-refractivity contribution < 1.29 is 36.3 Å². The van der Waals surface area contributed by atoms with Crippen LogP contribution in [-0.2, 0) is 19.6 Å². The van der Waals surface area contributed by atoms with E-state index in [1.165, 1.54) is 32.4 Å². The number of carbonyl (C=O) groups excluding carboxylic acids is 2. The second-order valence-electron chi connectivity index (χ2n) is 6.95. The lowest BCUT2D eigenvalue weighted by Crippen LogP contribution is -2.27. The molecule has 8 nitrogen and oxygen atoms in total. The van der Waals surface area contributed by atoms with Crippen LogP contribution in [0.15, 0.2) is 71.6 Å². The van der Waals surface area contributed by atoms with Crippen molar-refractivity contribution in [2.45, 2.75) is 4.90 Å².